The van der Waals surface area contributed by atoms with Crippen molar-refractivity contribution in [2.75, 3.05) is 6.61 Å². The van der Waals surface area contributed by atoms with E-state index in [0.717, 1.165) is 6.42 Å². The van der Waals surface area contributed by atoms with Crippen LogP contribution in [0.25, 0.3) is 0 Å². The molecule has 0 aliphatic carbocycles. The lowest BCUT2D eigenvalue weighted by atomic mass is 10.2. The molecule has 0 fully saturated rings. The molecule has 0 heterocycles. The quantitative estimate of drug-likeness (QED) is 0.778. The van der Waals surface area contributed by atoms with Gasteiger partial charge in [-0.3, -0.25) is 0 Å². The molecule has 0 unspecified atom stereocenters. The molecule has 0 aromatic heterocycles. The number of nitriles is 1. The summed E-state index contributed by atoms with van der Waals surface area (Å²) < 4.78 is 27.8. The summed E-state index contributed by atoms with van der Waals surface area (Å²) in [7, 11) is 1.35. The molecule has 0 N–H and O–H groups in total. The number of rotatable bonds is 4. The first-order chi connectivity index (χ1) is 7.49. The molecule has 0 amide bonds. The first-order valence-corrected chi connectivity index (χ1v) is 6.91. The molecule has 1 aromatic carbocycles. The van der Waals surface area contributed by atoms with Crippen LogP contribution in [0.2, 0.25) is 0 Å². The maximum absolute atomic E-state index is 11.3. The Labute approximate surface area is 98.8 Å². The molecule has 0 saturated carbocycles. The minimum atomic E-state index is -3.90. The van der Waals surface area contributed by atoms with Crippen molar-refractivity contribution >= 4 is 19.7 Å². The Bertz CT molecular complexity index is 519. The van der Waals surface area contributed by atoms with Gasteiger partial charge in [-0.2, -0.15) is 5.26 Å². The summed E-state index contributed by atoms with van der Waals surface area (Å²) >= 11 is 0. The van der Waals surface area contributed by atoms with E-state index < -0.39 is 9.05 Å². The largest absolute Gasteiger partial charge is 0.492 e. The van der Waals surface area contributed by atoms with Gasteiger partial charge in [-0.1, -0.05) is 6.92 Å². The van der Waals surface area contributed by atoms with Crippen LogP contribution in [-0.4, -0.2) is 15.0 Å². The molecule has 1 aromatic rings. The summed E-state index contributed by atoms with van der Waals surface area (Å²) in [5.74, 6) is 0.177. The molecule has 6 heteroatoms. The second-order valence-corrected chi connectivity index (χ2v) is 5.59. The topological polar surface area (TPSA) is 67.2 Å². The zero-order chi connectivity index (χ0) is 12.2. The standard InChI is InChI=1S/C10H10ClNO3S/c1-2-5-15-9-4-3-8(7-12)6-10(9)16(11,13)14/h3-4,6H,2,5H2,1H3. The molecule has 1 rings (SSSR count). The molecule has 0 radical (unpaired) electrons. The second-order valence-electron chi connectivity index (χ2n) is 3.06. The van der Waals surface area contributed by atoms with E-state index in [4.69, 9.17) is 20.7 Å². The zero-order valence-corrected chi connectivity index (χ0v) is 10.2. The second kappa shape index (κ2) is 5.19. The van der Waals surface area contributed by atoms with Gasteiger partial charge >= 0.3 is 0 Å². The average Bonchev–Trinajstić information content (AvgIpc) is 2.25. The van der Waals surface area contributed by atoms with Gasteiger partial charge in [0.2, 0.25) is 0 Å². The highest BCUT2D eigenvalue weighted by Crippen LogP contribution is 2.28. The molecule has 86 valence electrons. The van der Waals surface area contributed by atoms with Crippen LogP contribution in [0.4, 0.5) is 0 Å². The molecule has 0 saturated heterocycles. The summed E-state index contributed by atoms with van der Waals surface area (Å²) in [5.41, 5.74) is 0.225. The normalized spacial score (nSPS) is 10.8. The molecule has 0 atom stereocenters. The van der Waals surface area contributed by atoms with E-state index in [2.05, 4.69) is 0 Å². The highest BCUT2D eigenvalue weighted by Gasteiger charge is 2.17. The Kier molecular flexibility index (Phi) is 4.16. The fourth-order valence-corrected chi connectivity index (χ4v) is 2.10. The van der Waals surface area contributed by atoms with E-state index in [-0.39, 0.29) is 16.2 Å². The van der Waals surface area contributed by atoms with Crippen molar-refractivity contribution in [3.05, 3.63) is 23.8 Å². The van der Waals surface area contributed by atoms with Crippen LogP contribution in [0.3, 0.4) is 0 Å². The van der Waals surface area contributed by atoms with Gasteiger partial charge in [-0.05, 0) is 24.6 Å². The fraction of sp³-hybridized carbons (Fsp3) is 0.300. The Balaban J connectivity index is 3.24. The molecule has 0 spiro atoms. The Morgan fingerprint density at radius 2 is 2.19 bits per heavy atom. The number of halogens is 1. The van der Waals surface area contributed by atoms with E-state index in [0.29, 0.717) is 6.61 Å². The summed E-state index contributed by atoms with van der Waals surface area (Å²) in [6.07, 6.45) is 0.752. The van der Waals surface area contributed by atoms with Crippen LogP contribution in [0.15, 0.2) is 23.1 Å². The fourth-order valence-electron chi connectivity index (χ4n) is 1.10. The van der Waals surface area contributed by atoms with Crippen LogP contribution >= 0.6 is 10.7 Å². The summed E-state index contributed by atoms with van der Waals surface area (Å²) in [4.78, 5) is -0.165. The van der Waals surface area contributed by atoms with Crippen molar-refractivity contribution in [2.45, 2.75) is 18.2 Å². The maximum Gasteiger partial charge on any atom is 0.265 e. The zero-order valence-electron chi connectivity index (χ0n) is 8.60. The van der Waals surface area contributed by atoms with Crippen LogP contribution in [-0.2, 0) is 9.05 Å². The molecule has 0 bridgehead atoms. The molecule has 0 aliphatic heterocycles. The Hall–Kier alpha value is -1.25. The Morgan fingerprint density at radius 3 is 2.69 bits per heavy atom. The van der Waals surface area contributed by atoms with Gasteiger partial charge in [0.1, 0.15) is 10.6 Å². The minimum Gasteiger partial charge on any atom is -0.492 e. The predicted molar refractivity (Wildman–Crippen MR) is 60.0 cm³/mol. The number of hydrogen-bond donors (Lipinski definition) is 0. The van der Waals surface area contributed by atoms with Crippen molar-refractivity contribution in [1.82, 2.24) is 0 Å². The SMILES string of the molecule is CCCOc1ccc(C#N)cc1S(=O)(=O)Cl. The number of benzene rings is 1. The Morgan fingerprint density at radius 1 is 1.50 bits per heavy atom. The highest BCUT2D eigenvalue weighted by molar-refractivity contribution is 8.13. The van der Waals surface area contributed by atoms with Crippen molar-refractivity contribution in [1.29, 1.82) is 5.26 Å². The van der Waals surface area contributed by atoms with Crippen molar-refractivity contribution < 1.29 is 13.2 Å². The van der Waals surface area contributed by atoms with Crippen LogP contribution in [0.5, 0.6) is 5.75 Å². The third kappa shape index (κ3) is 3.12. The predicted octanol–water partition coefficient (Wildman–Crippen LogP) is 2.27. The van der Waals surface area contributed by atoms with Crippen molar-refractivity contribution in [3.8, 4) is 11.8 Å². The van der Waals surface area contributed by atoms with Crippen molar-refractivity contribution in [3.63, 3.8) is 0 Å². The number of nitrogens with zero attached hydrogens (tertiary/aromatic N) is 1. The van der Waals surface area contributed by atoms with Gasteiger partial charge < -0.3 is 4.74 Å². The summed E-state index contributed by atoms with van der Waals surface area (Å²) in [6, 6.07) is 5.96. The summed E-state index contributed by atoms with van der Waals surface area (Å²) in [5, 5.41) is 8.67. The van der Waals surface area contributed by atoms with E-state index in [1.54, 1.807) is 0 Å². The lowest BCUT2D eigenvalue weighted by Gasteiger charge is -2.08. The third-order valence-electron chi connectivity index (χ3n) is 1.80. The lowest BCUT2D eigenvalue weighted by molar-refractivity contribution is 0.309. The molecule has 4 nitrogen and oxygen atoms in total. The monoisotopic (exact) mass is 259 g/mol. The van der Waals surface area contributed by atoms with Gasteiger partial charge in [0, 0.05) is 10.7 Å². The lowest BCUT2D eigenvalue weighted by Crippen LogP contribution is -2.01. The van der Waals surface area contributed by atoms with E-state index >= 15 is 0 Å². The maximum atomic E-state index is 11.3. The van der Waals surface area contributed by atoms with Gasteiger partial charge in [0.05, 0.1) is 18.2 Å². The highest BCUT2D eigenvalue weighted by atomic mass is 35.7. The van der Waals surface area contributed by atoms with Crippen LogP contribution < -0.4 is 4.74 Å². The molecular weight excluding hydrogens is 250 g/mol. The molecule has 0 aliphatic rings. The van der Waals surface area contributed by atoms with Gasteiger partial charge in [0.15, 0.2) is 0 Å². The van der Waals surface area contributed by atoms with Crippen LogP contribution in [0.1, 0.15) is 18.9 Å². The van der Waals surface area contributed by atoms with Gasteiger partial charge in [0.25, 0.3) is 9.05 Å². The van der Waals surface area contributed by atoms with Crippen molar-refractivity contribution in [2.24, 2.45) is 0 Å². The summed E-state index contributed by atoms with van der Waals surface area (Å²) in [6.45, 7) is 2.30. The first kappa shape index (κ1) is 12.8. The molecular formula is C10H10ClNO3S. The van der Waals surface area contributed by atoms with E-state index in [1.165, 1.54) is 18.2 Å². The average molecular weight is 260 g/mol. The minimum absolute atomic E-state index is 0.165. The third-order valence-corrected chi connectivity index (χ3v) is 3.14. The molecule has 16 heavy (non-hydrogen) atoms. The van der Waals surface area contributed by atoms with E-state index in [9.17, 15) is 8.42 Å². The number of ether oxygens (including phenoxy) is 1. The van der Waals surface area contributed by atoms with E-state index in [1.807, 2.05) is 13.0 Å². The van der Waals surface area contributed by atoms with Gasteiger partial charge in [-0.15, -0.1) is 0 Å². The van der Waals surface area contributed by atoms with Crippen LogP contribution in [0, 0.1) is 11.3 Å². The first-order valence-electron chi connectivity index (χ1n) is 4.60. The number of hydrogen-bond acceptors (Lipinski definition) is 4. The van der Waals surface area contributed by atoms with Gasteiger partial charge in [-0.25, -0.2) is 8.42 Å². The smallest absolute Gasteiger partial charge is 0.265 e.